The van der Waals surface area contributed by atoms with Gasteiger partial charge < -0.3 is 4.98 Å². The Morgan fingerprint density at radius 2 is 1.95 bits per heavy atom. The van der Waals surface area contributed by atoms with Crippen molar-refractivity contribution in [2.75, 3.05) is 0 Å². The first kappa shape index (κ1) is 14.7. The van der Waals surface area contributed by atoms with E-state index in [1.807, 2.05) is 0 Å². The first-order chi connectivity index (χ1) is 10.5. The topological polar surface area (TPSA) is 45.8 Å². The number of aromatic nitrogens is 2. The highest BCUT2D eigenvalue weighted by Gasteiger charge is 2.15. The van der Waals surface area contributed by atoms with E-state index < -0.39 is 11.6 Å². The van der Waals surface area contributed by atoms with Gasteiger partial charge in [0, 0.05) is 4.90 Å². The lowest BCUT2D eigenvalue weighted by Gasteiger charge is -2.12. The minimum Gasteiger partial charge on any atom is -0.309 e. The normalized spacial score (nSPS) is 12.5. The summed E-state index contributed by atoms with van der Waals surface area (Å²) in [4.78, 5) is 19.3. The Kier molecular flexibility index (Phi) is 3.94. The highest BCUT2D eigenvalue weighted by Crippen LogP contribution is 2.34. The van der Waals surface area contributed by atoms with Crippen LogP contribution in [0, 0.1) is 11.6 Å². The number of hydrogen-bond acceptors (Lipinski definition) is 3. The van der Waals surface area contributed by atoms with Crippen molar-refractivity contribution < 1.29 is 8.78 Å². The second kappa shape index (κ2) is 5.88. The van der Waals surface area contributed by atoms with Crippen molar-refractivity contribution in [2.24, 2.45) is 0 Å². The molecule has 3 rings (SSSR count). The predicted molar refractivity (Wildman–Crippen MR) is 83.0 cm³/mol. The van der Waals surface area contributed by atoms with Gasteiger partial charge in [0.1, 0.15) is 17.5 Å². The molecule has 3 nitrogen and oxygen atoms in total. The number of rotatable bonds is 3. The molecule has 1 aromatic heterocycles. The number of H-pyrrole nitrogens is 1. The van der Waals surface area contributed by atoms with Gasteiger partial charge in [0.15, 0.2) is 0 Å². The van der Waals surface area contributed by atoms with Gasteiger partial charge in [-0.1, -0.05) is 12.1 Å². The summed E-state index contributed by atoms with van der Waals surface area (Å²) < 4.78 is 26.9. The van der Waals surface area contributed by atoms with Crippen LogP contribution in [0.25, 0.3) is 10.9 Å². The van der Waals surface area contributed by atoms with Gasteiger partial charge in [0.05, 0.1) is 16.2 Å². The highest BCUT2D eigenvalue weighted by molar-refractivity contribution is 7.99. The van der Waals surface area contributed by atoms with Crippen molar-refractivity contribution in [3.05, 3.63) is 70.3 Å². The predicted octanol–water partition coefficient (Wildman–Crippen LogP) is 4.05. The van der Waals surface area contributed by atoms with E-state index in [0.29, 0.717) is 16.7 Å². The molecule has 0 fully saturated rings. The highest BCUT2D eigenvalue weighted by atomic mass is 32.2. The summed E-state index contributed by atoms with van der Waals surface area (Å²) in [5.41, 5.74) is 0.334. The molecule has 0 radical (unpaired) electrons. The zero-order valence-electron chi connectivity index (χ0n) is 11.6. The monoisotopic (exact) mass is 318 g/mol. The molecule has 0 aliphatic rings. The Hall–Kier alpha value is -2.21. The van der Waals surface area contributed by atoms with E-state index in [1.54, 1.807) is 31.2 Å². The van der Waals surface area contributed by atoms with E-state index in [0.717, 1.165) is 30.0 Å². The van der Waals surface area contributed by atoms with Crippen LogP contribution in [0.3, 0.4) is 0 Å². The summed E-state index contributed by atoms with van der Waals surface area (Å²) in [5.74, 6) is -0.574. The van der Waals surface area contributed by atoms with Crippen LogP contribution in [0.15, 0.2) is 52.2 Å². The van der Waals surface area contributed by atoms with Crippen molar-refractivity contribution >= 4 is 22.7 Å². The first-order valence-electron chi connectivity index (χ1n) is 6.65. The number of hydrogen-bond donors (Lipinski definition) is 1. The minimum absolute atomic E-state index is 0.184. The van der Waals surface area contributed by atoms with Gasteiger partial charge in [-0.2, -0.15) is 0 Å². The van der Waals surface area contributed by atoms with Gasteiger partial charge in [0.2, 0.25) is 0 Å². The van der Waals surface area contributed by atoms with Crippen LogP contribution >= 0.6 is 11.8 Å². The van der Waals surface area contributed by atoms with Gasteiger partial charge >= 0.3 is 0 Å². The van der Waals surface area contributed by atoms with E-state index in [2.05, 4.69) is 9.97 Å². The summed E-state index contributed by atoms with van der Waals surface area (Å²) in [6.45, 7) is 1.78. The zero-order valence-corrected chi connectivity index (χ0v) is 12.5. The Morgan fingerprint density at radius 1 is 1.18 bits per heavy atom. The Labute approximate surface area is 129 Å². The van der Waals surface area contributed by atoms with Crippen molar-refractivity contribution in [3.63, 3.8) is 0 Å². The Bertz CT molecular complexity index is 895. The summed E-state index contributed by atoms with van der Waals surface area (Å²) in [7, 11) is 0. The van der Waals surface area contributed by atoms with Crippen LogP contribution in [-0.2, 0) is 0 Å². The fraction of sp³-hybridized carbons (Fsp3) is 0.125. The molecule has 22 heavy (non-hydrogen) atoms. The Morgan fingerprint density at radius 3 is 2.77 bits per heavy atom. The first-order valence-corrected chi connectivity index (χ1v) is 7.53. The third-order valence-electron chi connectivity index (χ3n) is 3.21. The molecular formula is C16H12F2N2OS. The molecule has 0 aliphatic heterocycles. The standard InChI is InChI=1S/C16H12F2N2OS/c1-9(22-14-8-10(17)6-7-12(14)18)15-19-13-5-3-2-4-11(13)16(21)20-15/h2-9H,1H3,(H,19,20,21)/t9-/m0/s1. The lowest BCUT2D eigenvalue weighted by molar-refractivity contribution is 0.576. The lowest BCUT2D eigenvalue weighted by Crippen LogP contribution is -2.12. The molecule has 0 unspecified atom stereocenters. The van der Waals surface area contributed by atoms with E-state index in [-0.39, 0.29) is 15.7 Å². The zero-order chi connectivity index (χ0) is 15.7. The summed E-state index contributed by atoms with van der Waals surface area (Å²) in [6, 6.07) is 10.3. The van der Waals surface area contributed by atoms with E-state index >= 15 is 0 Å². The van der Waals surface area contributed by atoms with E-state index in [1.165, 1.54) is 0 Å². The molecule has 0 aliphatic carbocycles. The van der Waals surface area contributed by atoms with Gasteiger partial charge in [-0.25, -0.2) is 13.8 Å². The van der Waals surface area contributed by atoms with Crippen LogP contribution in [0.1, 0.15) is 18.0 Å². The molecule has 1 heterocycles. The summed E-state index contributed by atoms with van der Waals surface area (Å²) >= 11 is 1.11. The Balaban J connectivity index is 1.97. The molecule has 0 saturated heterocycles. The minimum atomic E-state index is -0.504. The molecule has 112 valence electrons. The van der Waals surface area contributed by atoms with Crippen LogP contribution in [0.4, 0.5) is 8.78 Å². The number of halogens is 2. The maximum atomic E-state index is 13.7. The molecular weight excluding hydrogens is 306 g/mol. The molecule has 0 bridgehead atoms. The van der Waals surface area contributed by atoms with Crippen molar-refractivity contribution in [3.8, 4) is 0 Å². The smallest absolute Gasteiger partial charge is 0.258 e. The average molecular weight is 318 g/mol. The number of nitrogens with zero attached hydrogens (tertiary/aromatic N) is 1. The van der Waals surface area contributed by atoms with E-state index in [9.17, 15) is 13.6 Å². The molecule has 1 N–H and O–H groups in total. The van der Waals surface area contributed by atoms with Crippen molar-refractivity contribution in [2.45, 2.75) is 17.1 Å². The molecule has 1 atom stereocenters. The van der Waals surface area contributed by atoms with Gasteiger partial charge in [-0.3, -0.25) is 4.79 Å². The van der Waals surface area contributed by atoms with E-state index in [4.69, 9.17) is 0 Å². The number of para-hydroxylation sites is 1. The number of nitrogens with one attached hydrogen (secondary N) is 1. The molecule has 3 aromatic rings. The van der Waals surface area contributed by atoms with Crippen LogP contribution in [-0.4, -0.2) is 9.97 Å². The van der Waals surface area contributed by atoms with Crippen LogP contribution in [0.5, 0.6) is 0 Å². The fourth-order valence-corrected chi connectivity index (χ4v) is 3.08. The molecule has 2 aromatic carbocycles. The molecule has 0 saturated carbocycles. The maximum absolute atomic E-state index is 13.7. The third-order valence-corrected chi connectivity index (χ3v) is 4.36. The van der Waals surface area contributed by atoms with Crippen molar-refractivity contribution in [1.29, 1.82) is 0 Å². The van der Waals surface area contributed by atoms with Gasteiger partial charge in [-0.05, 0) is 37.3 Å². The van der Waals surface area contributed by atoms with Gasteiger partial charge in [0.25, 0.3) is 5.56 Å². The molecule has 0 spiro atoms. The molecule has 0 amide bonds. The largest absolute Gasteiger partial charge is 0.309 e. The maximum Gasteiger partial charge on any atom is 0.258 e. The quantitative estimate of drug-likeness (QED) is 0.741. The third kappa shape index (κ3) is 2.87. The fourth-order valence-electron chi connectivity index (χ4n) is 2.11. The summed E-state index contributed by atoms with van der Waals surface area (Å²) in [5, 5.41) is 0.175. The second-order valence-corrected chi connectivity index (χ2v) is 6.19. The summed E-state index contributed by atoms with van der Waals surface area (Å²) in [6.07, 6.45) is 0. The second-order valence-electron chi connectivity index (χ2n) is 4.80. The van der Waals surface area contributed by atoms with Crippen LogP contribution < -0.4 is 5.56 Å². The average Bonchev–Trinajstić information content (AvgIpc) is 2.51. The number of benzene rings is 2. The SMILES string of the molecule is C[C@H](Sc1cc(F)ccc1F)c1nc2ccccc2c(=O)[nH]1. The number of fused-ring (bicyclic) bond motifs is 1. The number of aromatic amines is 1. The van der Waals surface area contributed by atoms with Crippen molar-refractivity contribution in [1.82, 2.24) is 9.97 Å². The van der Waals surface area contributed by atoms with Crippen LogP contribution in [0.2, 0.25) is 0 Å². The molecule has 6 heteroatoms. The number of thioether (sulfide) groups is 1. The lowest BCUT2D eigenvalue weighted by atomic mass is 10.2. The van der Waals surface area contributed by atoms with Gasteiger partial charge in [-0.15, -0.1) is 11.8 Å².